The molecular formula is C20H27N3O3. The lowest BCUT2D eigenvalue weighted by molar-refractivity contribution is -0.137. The summed E-state index contributed by atoms with van der Waals surface area (Å²) in [5, 5.41) is 13.3. The summed E-state index contributed by atoms with van der Waals surface area (Å²) in [4.78, 5) is 15.7. The third kappa shape index (κ3) is 5.07. The van der Waals surface area contributed by atoms with Gasteiger partial charge in [-0.2, -0.15) is 4.98 Å². The molecule has 6 heteroatoms. The first-order chi connectivity index (χ1) is 12.6. The molecule has 140 valence electrons. The van der Waals surface area contributed by atoms with E-state index in [0.29, 0.717) is 17.4 Å². The second-order valence-electron chi connectivity index (χ2n) is 7.31. The molecular weight excluding hydrogens is 330 g/mol. The van der Waals surface area contributed by atoms with Crippen molar-refractivity contribution in [2.45, 2.75) is 63.7 Å². The highest BCUT2D eigenvalue weighted by molar-refractivity contribution is 5.67. The van der Waals surface area contributed by atoms with Crippen molar-refractivity contribution < 1.29 is 14.4 Å². The second kappa shape index (κ2) is 8.83. The van der Waals surface area contributed by atoms with E-state index in [2.05, 4.69) is 10.1 Å². The Kier molecular flexibility index (Phi) is 6.26. The third-order valence-corrected chi connectivity index (χ3v) is 5.27. The molecule has 0 amide bonds. The molecule has 0 aliphatic heterocycles. The van der Waals surface area contributed by atoms with Gasteiger partial charge in [-0.1, -0.05) is 50.1 Å². The van der Waals surface area contributed by atoms with E-state index in [0.717, 1.165) is 30.7 Å². The number of aliphatic carboxylic acids is 1. The topological polar surface area (TPSA) is 102 Å². The molecule has 1 atom stereocenters. The van der Waals surface area contributed by atoms with Crippen LogP contribution in [0.15, 0.2) is 28.8 Å². The number of hydrogen-bond acceptors (Lipinski definition) is 5. The molecule has 0 bridgehead atoms. The zero-order chi connectivity index (χ0) is 18.4. The van der Waals surface area contributed by atoms with Crippen LogP contribution in [0.5, 0.6) is 0 Å². The van der Waals surface area contributed by atoms with E-state index < -0.39 is 5.97 Å². The van der Waals surface area contributed by atoms with Crippen molar-refractivity contribution in [2.75, 3.05) is 5.73 Å². The summed E-state index contributed by atoms with van der Waals surface area (Å²) in [5.74, 6) is 0.624. The smallest absolute Gasteiger partial charge is 0.304 e. The van der Waals surface area contributed by atoms with Crippen LogP contribution in [0.3, 0.4) is 0 Å². The zero-order valence-electron chi connectivity index (χ0n) is 15.1. The number of aromatic nitrogens is 2. The minimum Gasteiger partial charge on any atom is -0.481 e. The van der Waals surface area contributed by atoms with Crippen LogP contribution in [-0.2, 0) is 4.79 Å². The van der Waals surface area contributed by atoms with Crippen molar-refractivity contribution >= 4 is 11.7 Å². The number of nitrogen functional groups attached to an aromatic ring is 1. The Labute approximate surface area is 153 Å². The largest absolute Gasteiger partial charge is 0.481 e. The number of nitrogens with zero attached hydrogens (tertiary/aromatic N) is 2. The number of carboxylic acids is 1. The van der Waals surface area contributed by atoms with Crippen LogP contribution >= 0.6 is 0 Å². The maximum Gasteiger partial charge on any atom is 0.304 e. The van der Waals surface area contributed by atoms with Crippen LogP contribution < -0.4 is 5.73 Å². The number of carboxylic acid groups (broad SMARTS) is 1. The Balaban J connectivity index is 1.63. The highest BCUT2D eigenvalue weighted by Crippen LogP contribution is 2.31. The van der Waals surface area contributed by atoms with Crippen LogP contribution in [0.1, 0.15) is 69.6 Å². The van der Waals surface area contributed by atoms with Crippen LogP contribution in [0.2, 0.25) is 0 Å². The number of carbonyl (C=O) groups is 1. The van der Waals surface area contributed by atoms with Crippen molar-refractivity contribution in [3.63, 3.8) is 0 Å². The monoisotopic (exact) mass is 357 g/mol. The Morgan fingerprint density at radius 2 is 1.96 bits per heavy atom. The first kappa shape index (κ1) is 18.4. The van der Waals surface area contributed by atoms with E-state index >= 15 is 0 Å². The molecule has 3 rings (SSSR count). The van der Waals surface area contributed by atoms with E-state index in [4.69, 9.17) is 10.3 Å². The lowest BCUT2D eigenvalue weighted by Gasteiger charge is -2.21. The lowest BCUT2D eigenvalue weighted by Crippen LogP contribution is -2.09. The minimum atomic E-state index is -0.833. The molecule has 0 unspecified atom stereocenters. The summed E-state index contributed by atoms with van der Waals surface area (Å²) in [6, 6.07) is 7.23. The van der Waals surface area contributed by atoms with Crippen molar-refractivity contribution in [1.29, 1.82) is 0 Å². The van der Waals surface area contributed by atoms with Crippen LogP contribution in [0, 0.1) is 5.92 Å². The maximum absolute atomic E-state index is 11.3. The molecule has 1 aromatic heterocycles. The first-order valence-corrected chi connectivity index (χ1v) is 9.53. The van der Waals surface area contributed by atoms with Gasteiger partial charge in [0.05, 0.1) is 6.42 Å². The quantitative estimate of drug-likeness (QED) is 0.668. The fourth-order valence-electron chi connectivity index (χ4n) is 3.80. The Bertz CT molecular complexity index is 705. The van der Waals surface area contributed by atoms with Crippen LogP contribution in [-0.4, -0.2) is 21.2 Å². The number of anilines is 1. The molecule has 2 aromatic rings. The fraction of sp³-hybridized carbons (Fsp3) is 0.550. The maximum atomic E-state index is 11.3. The van der Waals surface area contributed by atoms with Crippen molar-refractivity contribution in [1.82, 2.24) is 10.1 Å². The summed E-state index contributed by atoms with van der Waals surface area (Å²) in [7, 11) is 0. The summed E-state index contributed by atoms with van der Waals surface area (Å²) in [6.45, 7) is 0. The number of nitrogens with two attached hydrogens (primary N) is 1. The number of rotatable bonds is 8. The summed E-state index contributed by atoms with van der Waals surface area (Å²) < 4.78 is 5.40. The Morgan fingerprint density at radius 1 is 1.23 bits per heavy atom. The molecule has 26 heavy (non-hydrogen) atoms. The first-order valence-electron chi connectivity index (χ1n) is 9.53. The van der Waals surface area contributed by atoms with Gasteiger partial charge in [0.15, 0.2) is 0 Å². The second-order valence-corrected chi connectivity index (χ2v) is 7.31. The molecule has 1 aliphatic rings. The van der Waals surface area contributed by atoms with Gasteiger partial charge in [0.25, 0.3) is 0 Å². The predicted molar refractivity (Wildman–Crippen MR) is 99.6 cm³/mol. The number of hydrogen-bond donors (Lipinski definition) is 2. The molecule has 1 aromatic carbocycles. The minimum absolute atomic E-state index is 0.0219. The van der Waals surface area contributed by atoms with Gasteiger partial charge in [0, 0.05) is 17.2 Å². The van der Waals surface area contributed by atoms with E-state index in [1.807, 2.05) is 12.1 Å². The van der Waals surface area contributed by atoms with Gasteiger partial charge in [0.1, 0.15) is 0 Å². The van der Waals surface area contributed by atoms with Crippen LogP contribution in [0.4, 0.5) is 5.69 Å². The predicted octanol–water partition coefficient (Wildman–Crippen LogP) is 4.63. The highest BCUT2D eigenvalue weighted by atomic mass is 16.5. The van der Waals surface area contributed by atoms with Crippen molar-refractivity contribution in [3.05, 3.63) is 30.2 Å². The summed E-state index contributed by atoms with van der Waals surface area (Å²) in [5.41, 5.74) is 7.18. The molecule has 1 fully saturated rings. The zero-order valence-corrected chi connectivity index (χ0v) is 15.1. The van der Waals surface area contributed by atoms with Gasteiger partial charge >= 0.3 is 5.97 Å². The molecule has 6 nitrogen and oxygen atoms in total. The third-order valence-electron chi connectivity index (χ3n) is 5.27. The van der Waals surface area contributed by atoms with E-state index in [-0.39, 0.29) is 12.3 Å². The summed E-state index contributed by atoms with van der Waals surface area (Å²) >= 11 is 0. The van der Waals surface area contributed by atoms with Crippen molar-refractivity contribution in [2.24, 2.45) is 5.92 Å². The average Bonchev–Trinajstić information content (AvgIpc) is 3.12. The molecule has 3 N–H and O–H groups in total. The van der Waals surface area contributed by atoms with Gasteiger partial charge in [-0.05, 0) is 36.6 Å². The Morgan fingerprint density at radius 3 is 2.65 bits per heavy atom. The average molecular weight is 357 g/mol. The molecule has 1 heterocycles. The van der Waals surface area contributed by atoms with E-state index in [1.165, 1.54) is 32.1 Å². The standard InChI is InChI=1S/C20H27N3O3/c21-17-11-9-15(10-12-17)19-22-20(26-23-19)16(13-18(24)25)8-4-7-14-5-2-1-3-6-14/h9-12,14,16H,1-8,13,21H2,(H,24,25)/t16-/m0/s1. The van der Waals surface area contributed by atoms with Gasteiger partial charge in [-0.25, -0.2) is 0 Å². The van der Waals surface area contributed by atoms with Gasteiger partial charge in [-0.3, -0.25) is 4.79 Å². The fourth-order valence-corrected chi connectivity index (χ4v) is 3.80. The van der Waals surface area contributed by atoms with Gasteiger partial charge in [-0.15, -0.1) is 0 Å². The van der Waals surface area contributed by atoms with E-state index in [9.17, 15) is 9.90 Å². The molecule has 0 spiro atoms. The normalized spacial score (nSPS) is 16.5. The summed E-state index contributed by atoms with van der Waals surface area (Å²) in [6.07, 6.45) is 9.60. The molecule has 1 saturated carbocycles. The lowest BCUT2D eigenvalue weighted by atomic mass is 9.84. The molecule has 0 radical (unpaired) electrons. The molecule has 1 aliphatic carbocycles. The molecule has 0 saturated heterocycles. The van der Waals surface area contributed by atoms with Crippen LogP contribution in [0.25, 0.3) is 11.4 Å². The van der Waals surface area contributed by atoms with Crippen molar-refractivity contribution in [3.8, 4) is 11.4 Å². The van der Waals surface area contributed by atoms with Gasteiger partial charge < -0.3 is 15.4 Å². The Hall–Kier alpha value is -2.37. The van der Waals surface area contributed by atoms with Gasteiger partial charge in [0.2, 0.25) is 11.7 Å². The number of benzene rings is 1. The SMILES string of the molecule is Nc1ccc(-c2noc([C@@H](CCCC3CCCCC3)CC(=O)O)n2)cc1. The highest BCUT2D eigenvalue weighted by Gasteiger charge is 2.23. The van der Waals surface area contributed by atoms with E-state index in [1.54, 1.807) is 12.1 Å².